The summed E-state index contributed by atoms with van der Waals surface area (Å²) in [5.41, 5.74) is 0.334. The number of nitrogens with one attached hydrogen (secondary N) is 1. The van der Waals surface area contributed by atoms with Crippen LogP contribution < -0.4 is 5.32 Å². The molecule has 0 bridgehead atoms. The van der Waals surface area contributed by atoms with Crippen LogP contribution in [0.3, 0.4) is 0 Å². The Balaban J connectivity index is 1.68. The van der Waals surface area contributed by atoms with E-state index in [0.717, 1.165) is 34.6 Å². The van der Waals surface area contributed by atoms with Crippen molar-refractivity contribution in [1.82, 2.24) is 5.32 Å². The molecule has 1 amide bonds. The summed E-state index contributed by atoms with van der Waals surface area (Å²) in [6, 6.07) is 13.8. The summed E-state index contributed by atoms with van der Waals surface area (Å²) in [6.07, 6.45) is 5.71. The number of hydrogen-bond donors (Lipinski definition) is 1. The third-order valence-corrected chi connectivity index (χ3v) is 5.36. The molecule has 0 spiro atoms. The summed E-state index contributed by atoms with van der Waals surface area (Å²) in [4.78, 5) is 14.0. The van der Waals surface area contributed by atoms with Gasteiger partial charge in [0.15, 0.2) is 0 Å². The highest BCUT2D eigenvalue weighted by Crippen LogP contribution is 2.34. The molecule has 0 saturated heterocycles. The van der Waals surface area contributed by atoms with E-state index in [1.165, 1.54) is 6.08 Å². The molecule has 3 rings (SSSR count). The van der Waals surface area contributed by atoms with Crippen molar-refractivity contribution in [2.24, 2.45) is 0 Å². The first-order valence-corrected chi connectivity index (χ1v) is 8.58. The van der Waals surface area contributed by atoms with Gasteiger partial charge in [0, 0.05) is 26.4 Å². The fraction of sp³-hybridized carbons (Fsp3) is 0.222. The van der Waals surface area contributed by atoms with Crippen molar-refractivity contribution in [1.29, 1.82) is 5.26 Å². The van der Waals surface area contributed by atoms with Gasteiger partial charge in [-0.3, -0.25) is 4.79 Å². The van der Waals surface area contributed by atoms with Crippen molar-refractivity contribution in [3.8, 4) is 16.5 Å². The number of rotatable bonds is 4. The second-order valence-electron chi connectivity index (χ2n) is 5.55. The smallest absolute Gasteiger partial charge is 0.245 e. The molecule has 1 aliphatic rings. The van der Waals surface area contributed by atoms with Gasteiger partial charge in [-0.2, -0.15) is 5.26 Å². The van der Waals surface area contributed by atoms with E-state index in [0.29, 0.717) is 5.02 Å². The molecule has 1 aromatic carbocycles. The number of carbonyl (C=O) groups excluding carboxylic acids is 1. The SMILES string of the molecule is N#CC1(NC(=O)/C=C/c2ccc(-c3ccccc3Cl)s2)CCC1. The molecule has 1 N–H and O–H groups in total. The molecule has 23 heavy (non-hydrogen) atoms. The third-order valence-electron chi connectivity index (χ3n) is 3.95. The monoisotopic (exact) mass is 342 g/mol. The summed E-state index contributed by atoms with van der Waals surface area (Å²) in [7, 11) is 0. The van der Waals surface area contributed by atoms with Crippen LogP contribution in [0.4, 0.5) is 0 Å². The molecule has 1 heterocycles. The normalized spacial score (nSPS) is 15.8. The van der Waals surface area contributed by atoms with E-state index in [-0.39, 0.29) is 5.91 Å². The maximum atomic E-state index is 11.9. The largest absolute Gasteiger partial charge is 0.334 e. The van der Waals surface area contributed by atoms with Crippen molar-refractivity contribution in [3.05, 3.63) is 52.4 Å². The minimum atomic E-state index is -0.653. The van der Waals surface area contributed by atoms with Gasteiger partial charge in [0.25, 0.3) is 0 Å². The predicted molar refractivity (Wildman–Crippen MR) is 94.1 cm³/mol. The Kier molecular flexibility index (Phi) is 4.51. The van der Waals surface area contributed by atoms with E-state index in [1.807, 2.05) is 36.4 Å². The average molecular weight is 343 g/mol. The second-order valence-corrected chi connectivity index (χ2v) is 7.07. The average Bonchev–Trinajstić information content (AvgIpc) is 2.98. The van der Waals surface area contributed by atoms with Crippen LogP contribution in [0.25, 0.3) is 16.5 Å². The zero-order valence-corrected chi connectivity index (χ0v) is 14.0. The number of benzene rings is 1. The van der Waals surface area contributed by atoms with Gasteiger partial charge in [-0.25, -0.2) is 0 Å². The molecule has 5 heteroatoms. The quantitative estimate of drug-likeness (QED) is 0.822. The molecular weight excluding hydrogens is 328 g/mol. The Labute approximate surface area is 144 Å². The first-order valence-electron chi connectivity index (χ1n) is 7.38. The van der Waals surface area contributed by atoms with E-state index in [2.05, 4.69) is 11.4 Å². The van der Waals surface area contributed by atoms with E-state index in [1.54, 1.807) is 17.4 Å². The summed E-state index contributed by atoms with van der Waals surface area (Å²) in [5, 5.41) is 12.6. The van der Waals surface area contributed by atoms with E-state index < -0.39 is 5.54 Å². The Hall–Kier alpha value is -2.09. The molecule has 2 aromatic rings. The molecule has 3 nitrogen and oxygen atoms in total. The highest BCUT2D eigenvalue weighted by molar-refractivity contribution is 7.16. The molecule has 1 fully saturated rings. The minimum Gasteiger partial charge on any atom is -0.334 e. The highest BCUT2D eigenvalue weighted by atomic mass is 35.5. The molecule has 0 aliphatic heterocycles. The van der Waals surface area contributed by atoms with Crippen molar-refractivity contribution in [2.75, 3.05) is 0 Å². The molecule has 1 aromatic heterocycles. The van der Waals surface area contributed by atoms with Gasteiger partial charge in [-0.1, -0.05) is 29.8 Å². The van der Waals surface area contributed by atoms with Crippen molar-refractivity contribution >= 4 is 34.9 Å². The number of nitrogens with zero attached hydrogens (tertiary/aromatic N) is 1. The Morgan fingerprint density at radius 1 is 1.30 bits per heavy atom. The lowest BCUT2D eigenvalue weighted by Crippen LogP contribution is -2.51. The van der Waals surface area contributed by atoms with Crippen LogP contribution >= 0.6 is 22.9 Å². The van der Waals surface area contributed by atoms with Crippen LogP contribution in [0.15, 0.2) is 42.5 Å². The molecule has 0 atom stereocenters. The first-order chi connectivity index (χ1) is 11.1. The van der Waals surface area contributed by atoms with Gasteiger partial charge in [0.2, 0.25) is 5.91 Å². The number of nitriles is 1. The summed E-state index contributed by atoms with van der Waals surface area (Å²) in [5.74, 6) is -0.223. The van der Waals surface area contributed by atoms with Crippen LogP contribution in [0.1, 0.15) is 24.1 Å². The van der Waals surface area contributed by atoms with Gasteiger partial charge in [-0.15, -0.1) is 11.3 Å². The molecule has 0 radical (unpaired) electrons. The summed E-state index contributed by atoms with van der Waals surface area (Å²) >= 11 is 7.77. The predicted octanol–water partition coefficient (Wildman–Crippen LogP) is 4.64. The molecule has 0 unspecified atom stereocenters. The first kappa shape index (κ1) is 15.8. The van der Waals surface area contributed by atoms with Crippen molar-refractivity contribution in [3.63, 3.8) is 0 Å². The van der Waals surface area contributed by atoms with Crippen molar-refractivity contribution in [2.45, 2.75) is 24.8 Å². The van der Waals surface area contributed by atoms with Crippen LogP contribution in [0.5, 0.6) is 0 Å². The second kappa shape index (κ2) is 6.57. The summed E-state index contributed by atoms with van der Waals surface area (Å²) in [6.45, 7) is 0. The zero-order valence-electron chi connectivity index (χ0n) is 12.4. The summed E-state index contributed by atoms with van der Waals surface area (Å²) < 4.78 is 0. The Morgan fingerprint density at radius 2 is 2.09 bits per heavy atom. The number of thiophene rings is 1. The maximum Gasteiger partial charge on any atom is 0.245 e. The van der Waals surface area contributed by atoms with Gasteiger partial charge < -0.3 is 5.32 Å². The topological polar surface area (TPSA) is 52.9 Å². The van der Waals surface area contributed by atoms with Crippen molar-refractivity contribution < 1.29 is 4.79 Å². The lowest BCUT2D eigenvalue weighted by Gasteiger charge is -2.35. The molecule has 1 aliphatic carbocycles. The van der Waals surface area contributed by atoms with Gasteiger partial charge in [-0.05, 0) is 43.5 Å². The Morgan fingerprint density at radius 3 is 2.74 bits per heavy atom. The molecule has 116 valence electrons. The van der Waals surface area contributed by atoms with Crippen LogP contribution in [-0.4, -0.2) is 11.4 Å². The molecular formula is C18H15ClN2OS. The lowest BCUT2D eigenvalue weighted by atomic mass is 9.78. The fourth-order valence-electron chi connectivity index (χ4n) is 2.48. The van der Waals surface area contributed by atoms with Crippen LogP contribution in [0.2, 0.25) is 5.02 Å². The number of halogens is 1. The van der Waals surface area contributed by atoms with E-state index in [9.17, 15) is 4.79 Å². The van der Waals surface area contributed by atoms with Crippen LogP contribution in [0, 0.1) is 11.3 Å². The number of hydrogen-bond acceptors (Lipinski definition) is 3. The minimum absolute atomic E-state index is 0.223. The van der Waals surface area contributed by atoms with Gasteiger partial charge in [0.05, 0.1) is 6.07 Å². The zero-order chi connectivity index (χ0) is 16.3. The third kappa shape index (κ3) is 3.47. The maximum absolute atomic E-state index is 11.9. The van der Waals surface area contributed by atoms with Crippen LogP contribution in [-0.2, 0) is 4.79 Å². The van der Waals surface area contributed by atoms with E-state index in [4.69, 9.17) is 16.9 Å². The van der Waals surface area contributed by atoms with Gasteiger partial charge >= 0.3 is 0 Å². The number of carbonyl (C=O) groups is 1. The highest BCUT2D eigenvalue weighted by Gasteiger charge is 2.38. The van der Waals surface area contributed by atoms with E-state index >= 15 is 0 Å². The lowest BCUT2D eigenvalue weighted by molar-refractivity contribution is -0.118. The fourth-order valence-corrected chi connectivity index (χ4v) is 3.72. The number of amides is 1. The van der Waals surface area contributed by atoms with Gasteiger partial charge in [0.1, 0.15) is 5.54 Å². The Bertz CT molecular complexity index is 799. The standard InChI is InChI=1S/C18H15ClN2OS/c19-15-5-2-1-4-14(15)16-8-6-13(23-16)7-9-17(22)21-18(12-20)10-3-11-18/h1-2,4-9H,3,10-11H2,(H,21,22)/b9-7+. The molecule has 1 saturated carbocycles.